The van der Waals surface area contributed by atoms with Crippen molar-refractivity contribution in [2.24, 2.45) is 5.92 Å². The number of rotatable bonds is 6. The Morgan fingerprint density at radius 3 is 2.55 bits per heavy atom. The van der Waals surface area contributed by atoms with Crippen LogP contribution in [-0.2, 0) is 4.79 Å². The van der Waals surface area contributed by atoms with Gasteiger partial charge in [-0.25, -0.2) is 0 Å². The average molecular weight is 364 g/mol. The molecule has 0 aliphatic rings. The third-order valence-electron chi connectivity index (χ3n) is 3.29. The molecule has 0 aromatic carbocycles. The van der Waals surface area contributed by atoms with E-state index >= 15 is 0 Å². The lowest BCUT2D eigenvalue weighted by atomic mass is 9.85. The standard InChI is InChI=1S/C13H18BrNO4S/c1-7(2)13(3,6-10(16)17)15-12(18)9-5-8(19-4)11(14)20-9/h5,7H,6H2,1-4H3,(H,15,18)(H,16,17). The van der Waals surface area contributed by atoms with E-state index in [1.165, 1.54) is 18.4 Å². The maximum absolute atomic E-state index is 12.3. The summed E-state index contributed by atoms with van der Waals surface area (Å²) in [6.45, 7) is 5.51. The highest BCUT2D eigenvalue weighted by Gasteiger charge is 2.33. The van der Waals surface area contributed by atoms with Gasteiger partial charge in [0.25, 0.3) is 5.91 Å². The lowest BCUT2D eigenvalue weighted by Gasteiger charge is -2.33. The first-order valence-corrected chi connectivity index (χ1v) is 7.68. The zero-order valence-corrected chi connectivity index (χ0v) is 14.2. The molecule has 0 saturated heterocycles. The Bertz CT molecular complexity index is 514. The summed E-state index contributed by atoms with van der Waals surface area (Å²) in [7, 11) is 1.52. The Hall–Kier alpha value is -1.08. The number of hydrogen-bond donors (Lipinski definition) is 2. The third kappa shape index (κ3) is 3.96. The summed E-state index contributed by atoms with van der Waals surface area (Å²) >= 11 is 4.56. The molecule has 1 unspecified atom stereocenters. The van der Waals surface area contributed by atoms with Crippen molar-refractivity contribution in [3.8, 4) is 5.75 Å². The molecular formula is C13H18BrNO4S. The number of carbonyl (C=O) groups is 2. The van der Waals surface area contributed by atoms with E-state index < -0.39 is 11.5 Å². The number of hydrogen-bond acceptors (Lipinski definition) is 4. The van der Waals surface area contributed by atoms with Crippen LogP contribution < -0.4 is 10.1 Å². The predicted octanol–water partition coefficient (Wildman–Crippen LogP) is 3.14. The Morgan fingerprint density at radius 1 is 1.55 bits per heavy atom. The lowest BCUT2D eigenvalue weighted by molar-refractivity contribution is -0.138. The molecule has 0 fully saturated rings. The minimum atomic E-state index is -0.938. The minimum Gasteiger partial charge on any atom is -0.495 e. The molecule has 0 spiro atoms. The van der Waals surface area contributed by atoms with Crippen LogP contribution in [0.1, 0.15) is 36.9 Å². The van der Waals surface area contributed by atoms with Gasteiger partial charge in [0.1, 0.15) is 9.54 Å². The van der Waals surface area contributed by atoms with Gasteiger partial charge in [-0.2, -0.15) is 0 Å². The molecule has 0 saturated carbocycles. The molecule has 0 bridgehead atoms. The molecule has 7 heteroatoms. The van der Waals surface area contributed by atoms with E-state index in [0.29, 0.717) is 10.6 Å². The summed E-state index contributed by atoms with van der Waals surface area (Å²) in [5, 5.41) is 11.8. The van der Waals surface area contributed by atoms with Crippen molar-refractivity contribution < 1.29 is 19.4 Å². The van der Waals surface area contributed by atoms with E-state index in [4.69, 9.17) is 9.84 Å². The highest BCUT2D eigenvalue weighted by molar-refractivity contribution is 9.11. The van der Waals surface area contributed by atoms with Crippen molar-refractivity contribution in [3.05, 3.63) is 14.7 Å². The molecule has 1 aromatic rings. The number of carbonyl (C=O) groups excluding carboxylic acids is 1. The first-order valence-electron chi connectivity index (χ1n) is 6.07. The fourth-order valence-corrected chi connectivity index (χ4v) is 3.18. The van der Waals surface area contributed by atoms with E-state index in [9.17, 15) is 9.59 Å². The maximum Gasteiger partial charge on any atom is 0.305 e. The van der Waals surface area contributed by atoms with Crippen LogP contribution in [0.3, 0.4) is 0 Å². The first kappa shape index (κ1) is 17.0. The van der Waals surface area contributed by atoms with Gasteiger partial charge in [0.05, 0.1) is 23.9 Å². The Morgan fingerprint density at radius 2 is 2.15 bits per heavy atom. The summed E-state index contributed by atoms with van der Waals surface area (Å²) in [5.41, 5.74) is -0.799. The van der Waals surface area contributed by atoms with Gasteiger partial charge in [-0.15, -0.1) is 11.3 Å². The van der Waals surface area contributed by atoms with Crippen LogP contribution in [0.15, 0.2) is 9.85 Å². The zero-order chi connectivity index (χ0) is 15.5. The van der Waals surface area contributed by atoms with Crippen LogP contribution in [0.5, 0.6) is 5.75 Å². The van der Waals surface area contributed by atoms with Crippen LogP contribution >= 0.6 is 27.3 Å². The number of nitrogens with one attached hydrogen (secondary N) is 1. The van der Waals surface area contributed by atoms with Gasteiger partial charge in [0.15, 0.2) is 0 Å². The molecule has 1 aromatic heterocycles. The van der Waals surface area contributed by atoms with Crippen LogP contribution in [0.2, 0.25) is 0 Å². The number of halogens is 1. The SMILES string of the molecule is COc1cc(C(=O)NC(C)(CC(=O)O)C(C)C)sc1Br. The Kier molecular flexibility index (Phi) is 5.59. The molecular weight excluding hydrogens is 346 g/mol. The number of carboxylic acids is 1. The van der Waals surface area contributed by atoms with E-state index in [1.807, 2.05) is 13.8 Å². The third-order valence-corrected chi connectivity index (χ3v) is 5.07. The van der Waals surface area contributed by atoms with Crippen molar-refractivity contribution in [3.63, 3.8) is 0 Å². The van der Waals surface area contributed by atoms with Gasteiger partial charge < -0.3 is 15.2 Å². The minimum absolute atomic E-state index is 0.00662. The highest BCUT2D eigenvalue weighted by atomic mass is 79.9. The molecule has 2 N–H and O–H groups in total. The fraction of sp³-hybridized carbons (Fsp3) is 0.538. The maximum atomic E-state index is 12.3. The predicted molar refractivity (Wildman–Crippen MR) is 81.5 cm³/mol. The van der Waals surface area contributed by atoms with Gasteiger partial charge >= 0.3 is 5.97 Å². The second-order valence-electron chi connectivity index (χ2n) is 5.05. The molecule has 1 amide bonds. The molecule has 20 heavy (non-hydrogen) atoms. The van der Waals surface area contributed by atoms with Crippen molar-refractivity contribution >= 4 is 39.1 Å². The largest absolute Gasteiger partial charge is 0.495 e. The van der Waals surface area contributed by atoms with E-state index in [0.717, 1.165) is 3.79 Å². The van der Waals surface area contributed by atoms with Gasteiger partial charge in [-0.05, 0) is 28.8 Å². The van der Waals surface area contributed by atoms with Gasteiger partial charge in [-0.3, -0.25) is 9.59 Å². The van der Waals surface area contributed by atoms with E-state index in [1.54, 1.807) is 13.0 Å². The number of ether oxygens (including phenoxy) is 1. The van der Waals surface area contributed by atoms with Crippen molar-refractivity contribution in [2.45, 2.75) is 32.7 Å². The average Bonchev–Trinajstić information content (AvgIpc) is 2.69. The normalized spacial score (nSPS) is 13.9. The number of methoxy groups -OCH3 is 1. The van der Waals surface area contributed by atoms with Crippen molar-refractivity contribution in [1.82, 2.24) is 5.32 Å². The Balaban J connectivity index is 2.93. The van der Waals surface area contributed by atoms with Crippen LogP contribution in [0.25, 0.3) is 0 Å². The number of carboxylic acid groups (broad SMARTS) is 1. The zero-order valence-electron chi connectivity index (χ0n) is 11.8. The number of thiophene rings is 1. The molecule has 0 aliphatic carbocycles. The summed E-state index contributed by atoms with van der Waals surface area (Å²) in [5.74, 6) is -0.652. The first-order chi connectivity index (χ1) is 9.19. The number of aliphatic carboxylic acids is 1. The van der Waals surface area contributed by atoms with Gasteiger partial charge in [0, 0.05) is 6.07 Å². The van der Waals surface area contributed by atoms with Crippen molar-refractivity contribution in [2.75, 3.05) is 7.11 Å². The van der Waals surface area contributed by atoms with E-state index in [2.05, 4.69) is 21.2 Å². The summed E-state index contributed by atoms with van der Waals surface area (Å²) in [4.78, 5) is 23.7. The van der Waals surface area contributed by atoms with Crippen LogP contribution in [-0.4, -0.2) is 29.6 Å². The molecule has 112 valence electrons. The molecule has 1 heterocycles. The van der Waals surface area contributed by atoms with Gasteiger partial charge in [-0.1, -0.05) is 13.8 Å². The van der Waals surface area contributed by atoms with Crippen molar-refractivity contribution in [1.29, 1.82) is 0 Å². The molecule has 5 nitrogen and oxygen atoms in total. The smallest absolute Gasteiger partial charge is 0.305 e. The van der Waals surface area contributed by atoms with Crippen LogP contribution in [0.4, 0.5) is 0 Å². The van der Waals surface area contributed by atoms with Gasteiger partial charge in [0.2, 0.25) is 0 Å². The summed E-state index contributed by atoms with van der Waals surface area (Å²) < 4.78 is 5.84. The van der Waals surface area contributed by atoms with E-state index in [-0.39, 0.29) is 18.2 Å². The molecule has 1 atom stereocenters. The monoisotopic (exact) mass is 363 g/mol. The quantitative estimate of drug-likeness (QED) is 0.813. The number of amides is 1. The lowest BCUT2D eigenvalue weighted by Crippen LogP contribution is -2.51. The second kappa shape index (κ2) is 6.58. The fourth-order valence-electron chi connectivity index (χ4n) is 1.63. The second-order valence-corrected chi connectivity index (χ2v) is 7.42. The molecule has 1 rings (SSSR count). The highest BCUT2D eigenvalue weighted by Crippen LogP contribution is 2.34. The summed E-state index contributed by atoms with van der Waals surface area (Å²) in [6, 6.07) is 1.63. The topological polar surface area (TPSA) is 75.6 Å². The van der Waals surface area contributed by atoms with Crippen LogP contribution in [0, 0.1) is 5.92 Å². The summed E-state index contributed by atoms with van der Waals surface area (Å²) in [6.07, 6.45) is -0.125. The molecule has 0 radical (unpaired) electrons. The molecule has 0 aliphatic heterocycles. The Labute approximate surface area is 130 Å².